The predicted molar refractivity (Wildman–Crippen MR) is 160 cm³/mol. The third-order valence-corrected chi connectivity index (χ3v) is 7.21. The summed E-state index contributed by atoms with van der Waals surface area (Å²) in [6.07, 6.45) is 8.62. The standard InChI is InChI=1S/C33H28ClN5O3/c1-3-4-15-42-30-13-12-24(17-29(30)34)31-25(21-39(37-31)26-10-6-5-7-11-26)16-27-22(2)28(18-35)33(41)38(32(27)40)20-23-9-8-14-36-19-23/h5-14,16-17,19,21H,3-4,15,20H2,1-2H3/b27-16+. The molecule has 1 aliphatic rings. The molecule has 0 spiro atoms. The van der Waals surface area contributed by atoms with Gasteiger partial charge in [0.1, 0.15) is 23.1 Å². The first-order chi connectivity index (χ1) is 20.4. The Hall–Kier alpha value is -5.00. The van der Waals surface area contributed by atoms with Gasteiger partial charge in [-0.05, 0) is 67.0 Å². The third-order valence-electron chi connectivity index (χ3n) is 6.91. The number of halogens is 1. The first-order valence-corrected chi connectivity index (χ1v) is 13.9. The van der Waals surface area contributed by atoms with Gasteiger partial charge in [0.05, 0.1) is 23.9 Å². The number of rotatable bonds is 9. The Morgan fingerprint density at radius 1 is 1.07 bits per heavy atom. The van der Waals surface area contributed by atoms with Crippen molar-refractivity contribution in [3.05, 3.63) is 112 Å². The van der Waals surface area contributed by atoms with Gasteiger partial charge in [-0.15, -0.1) is 0 Å². The lowest BCUT2D eigenvalue weighted by Crippen LogP contribution is -2.42. The largest absolute Gasteiger partial charge is 0.492 e. The van der Waals surface area contributed by atoms with Crippen molar-refractivity contribution >= 4 is 29.5 Å². The highest BCUT2D eigenvalue weighted by atomic mass is 35.5. The first kappa shape index (κ1) is 28.5. The van der Waals surface area contributed by atoms with Crippen LogP contribution in [0.25, 0.3) is 23.0 Å². The van der Waals surface area contributed by atoms with Gasteiger partial charge in [-0.3, -0.25) is 19.5 Å². The van der Waals surface area contributed by atoms with E-state index in [1.807, 2.05) is 54.7 Å². The molecule has 2 amide bonds. The molecule has 1 aliphatic heterocycles. The molecule has 3 heterocycles. The minimum atomic E-state index is -0.633. The van der Waals surface area contributed by atoms with E-state index in [4.69, 9.17) is 21.4 Å². The molecule has 0 fully saturated rings. The molecule has 210 valence electrons. The molecule has 0 radical (unpaired) electrons. The number of unbranched alkanes of at least 4 members (excludes halogenated alkanes) is 1. The Morgan fingerprint density at radius 2 is 1.88 bits per heavy atom. The van der Waals surface area contributed by atoms with E-state index < -0.39 is 11.8 Å². The lowest BCUT2D eigenvalue weighted by molar-refractivity contribution is -0.141. The molecule has 42 heavy (non-hydrogen) atoms. The second-order valence-corrected chi connectivity index (χ2v) is 10.2. The van der Waals surface area contributed by atoms with Crippen LogP contribution in [0, 0.1) is 11.3 Å². The highest BCUT2D eigenvalue weighted by Gasteiger charge is 2.35. The number of nitriles is 1. The molecule has 0 saturated carbocycles. The number of nitrogens with zero attached hydrogens (tertiary/aromatic N) is 5. The number of hydrogen-bond donors (Lipinski definition) is 0. The van der Waals surface area contributed by atoms with Gasteiger partial charge in [-0.1, -0.05) is 49.2 Å². The minimum absolute atomic E-state index is 0.00740. The number of pyridine rings is 1. The average molecular weight is 578 g/mol. The summed E-state index contributed by atoms with van der Waals surface area (Å²) < 4.78 is 7.54. The number of carbonyl (C=O) groups excluding carboxylic acids is 2. The topological polar surface area (TPSA) is 101 Å². The zero-order valence-electron chi connectivity index (χ0n) is 23.3. The van der Waals surface area contributed by atoms with Crippen LogP contribution in [0.2, 0.25) is 5.02 Å². The van der Waals surface area contributed by atoms with E-state index in [1.165, 1.54) is 0 Å². The average Bonchev–Trinajstić information content (AvgIpc) is 3.43. The summed E-state index contributed by atoms with van der Waals surface area (Å²) in [6.45, 7) is 4.27. The van der Waals surface area contributed by atoms with Crippen LogP contribution in [0.4, 0.5) is 0 Å². The number of imide groups is 1. The van der Waals surface area contributed by atoms with Crippen LogP contribution >= 0.6 is 11.6 Å². The van der Waals surface area contributed by atoms with E-state index in [0.29, 0.717) is 39.8 Å². The lowest BCUT2D eigenvalue weighted by atomic mass is 9.93. The fraction of sp³-hybridized carbons (Fsp3) is 0.182. The molecule has 9 heteroatoms. The Morgan fingerprint density at radius 3 is 2.57 bits per heavy atom. The van der Waals surface area contributed by atoms with E-state index >= 15 is 0 Å². The second-order valence-electron chi connectivity index (χ2n) is 9.79. The van der Waals surface area contributed by atoms with Crippen LogP contribution in [0.1, 0.15) is 37.8 Å². The number of ether oxygens (including phenoxy) is 1. The summed E-state index contributed by atoms with van der Waals surface area (Å²) in [5.74, 6) is -0.552. The first-order valence-electron chi connectivity index (χ1n) is 13.6. The van der Waals surface area contributed by atoms with Gasteiger partial charge in [0, 0.05) is 35.3 Å². The molecular weight excluding hydrogens is 550 g/mol. The van der Waals surface area contributed by atoms with Crippen molar-refractivity contribution < 1.29 is 14.3 Å². The van der Waals surface area contributed by atoms with E-state index in [1.54, 1.807) is 48.3 Å². The van der Waals surface area contributed by atoms with Crippen molar-refractivity contribution in [2.24, 2.45) is 0 Å². The van der Waals surface area contributed by atoms with Crippen LogP contribution in [0.3, 0.4) is 0 Å². The summed E-state index contributed by atoms with van der Waals surface area (Å²) in [4.78, 5) is 32.1. The van der Waals surface area contributed by atoms with Gasteiger partial charge in [-0.25, -0.2) is 4.68 Å². The number of amides is 2. The molecule has 8 nitrogen and oxygen atoms in total. The molecule has 4 aromatic rings. The Labute approximate surface area is 249 Å². The van der Waals surface area contributed by atoms with Crippen molar-refractivity contribution in [3.63, 3.8) is 0 Å². The van der Waals surface area contributed by atoms with Crippen molar-refractivity contribution in [1.82, 2.24) is 19.7 Å². The zero-order chi connectivity index (χ0) is 29.6. The molecule has 0 atom stereocenters. The van der Waals surface area contributed by atoms with Crippen molar-refractivity contribution in [3.8, 4) is 28.8 Å². The Bertz CT molecular complexity index is 1740. The Kier molecular flexibility index (Phi) is 8.60. The number of para-hydroxylation sites is 1. The molecule has 2 aromatic carbocycles. The third kappa shape index (κ3) is 5.87. The number of aromatic nitrogens is 3. The fourth-order valence-corrected chi connectivity index (χ4v) is 4.86. The molecule has 2 aromatic heterocycles. The van der Waals surface area contributed by atoms with E-state index in [-0.39, 0.29) is 17.7 Å². The van der Waals surface area contributed by atoms with Crippen LogP contribution in [-0.2, 0) is 16.1 Å². The SMILES string of the molecule is CCCCOc1ccc(-c2nn(-c3ccccc3)cc2/C=C2/C(=O)N(Cc3cccnc3)C(=O)C(C#N)=C2C)cc1Cl. The molecule has 0 unspecified atom stereocenters. The zero-order valence-corrected chi connectivity index (χ0v) is 24.0. The van der Waals surface area contributed by atoms with Crippen LogP contribution in [-0.4, -0.2) is 38.1 Å². The van der Waals surface area contributed by atoms with Gasteiger partial charge in [-0.2, -0.15) is 10.4 Å². The number of benzene rings is 2. The van der Waals surface area contributed by atoms with Crippen molar-refractivity contribution in [2.75, 3.05) is 6.61 Å². The molecule has 0 aliphatic carbocycles. The van der Waals surface area contributed by atoms with Crippen molar-refractivity contribution in [2.45, 2.75) is 33.2 Å². The predicted octanol–water partition coefficient (Wildman–Crippen LogP) is 6.56. The fourth-order valence-electron chi connectivity index (χ4n) is 4.62. The molecular formula is C33H28ClN5O3. The number of hydrogen-bond acceptors (Lipinski definition) is 6. The summed E-state index contributed by atoms with van der Waals surface area (Å²) in [5.41, 5.74) is 3.86. The van der Waals surface area contributed by atoms with E-state index in [2.05, 4.69) is 11.9 Å². The molecule has 5 rings (SSSR count). The Balaban J connectivity index is 1.61. The normalized spacial score (nSPS) is 14.4. The van der Waals surface area contributed by atoms with Gasteiger partial charge >= 0.3 is 0 Å². The maximum Gasteiger partial charge on any atom is 0.271 e. The van der Waals surface area contributed by atoms with Crippen LogP contribution in [0.15, 0.2) is 96.0 Å². The van der Waals surface area contributed by atoms with Gasteiger partial charge in [0.15, 0.2) is 0 Å². The highest BCUT2D eigenvalue weighted by molar-refractivity contribution is 6.32. The summed E-state index contributed by atoms with van der Waals surface area (Å²) in [7, 11) is 0. The van der Waals surface area contributed by atoms with Crippen LogP contribution < -0.4 is 4.74 Å². The monoisotopic (exact) mass is 577 g/mol. The lowest BCUT2D eigenvalue weighted by Gasteiger charge is -2.27. The maximum absolute atomic E-state index is 13.8. The second kappa shape index (κ2) is 12.7. The summed E-state index contributed by atoms with van der Waals surface area (Å²) in [6, 6.07) is 20.5. The quantitative estimate of drug-likeness (QED) is 0.127. The summed E-state index contributed by atoms with van der Waals surface area (Å²) >= 11 is 6.60. The van der Waals surface area contributed by atoms with Gasteiger partial charge in [0.2, 0.25) is 0 Å². The molecule has 0 bridgehead atoms. The molecule has 0 N–H and O–H groups in total. The summed E-state index contributed by atoms with van der Waals surface area (Å²) in [5, 5.41) is 15.1. The minimum Gasteiger partial charge on any atom is -0.492 e. The molecule has 0 saturated heterocycles. The van der Waals surface area contributed by atoms with Gasteiger partial charge < -0.3 is 4.74 Å². The maximum atomic E-state index is 13.8. The smallest absolute Gasteiger partial charge is 0.271 e. The highest BCUT2D eigenvalue weighted by Crippen LogP contribution is 2.35. The van der Waals surface area contributed by atoms with E-state index in [9.17, 15) is 14.9 Å². The van der Waals surface area contributed by atoms with Crippen molar-refractivity contribution in [1.29, 1.82) is 5.26 Å². The van der Waals surface area contributed by atoms with E-state index in [0.717, 1.165) is 29.0 Å². The van der Waals surface area contributed by atoms with Crippen LogP contribution in [0.5, 0.6) is 5.75 Å². The van der Waals surface area contributed by atoms with Gasteiger partial charge in [0.25, 0.3) is 11.8 Å². The number of carbonyl (C=O) groups is 2.